The maximum Gasteiger partial charge on any atom is 0.412 e. The molecule has 0 saturated heterocycles. The van der Waals surface area contributed by atoms with Crippen LogP contribution in [0.5, 0.6) is 0 Å². The van der Waals surface area contributed by atoms with Crippen LogP contribution >= 0.6 is 11.3 Å². The minimum atomic E-state index is -4.42. The number of thiazole rings is 1. The van der Waals surface area contributed by atoms with Gasteiger partial charge in [0, 0.05) is 11.8 Å². The topological polar surface area (TPSA) is 173 Å². The SMILES string of the molecule is C=C(C)OC(=O)N[C@@H](Cc1ccc(NS(=O)(=O)O)cc1)c1nc(CC(=O)N[C@@H](Cc2ccccc2)C(=O)OC)cs1. The molecule has 0 radical (unpaired) electrons. The Hall–Kier alpha value is -4.27. The van der Waals surface area contributed by atoms with Gasteiger partial charge in [0.05, 0.1) is 36.7 Å². The number of amides is 2. The lowest BCUT2D eigenvalue weighted by Crippen LogP contribution is -2.43. The first-order valence-electron chi connectivity index (χ1n) is 12.2. The Balaban J connectivity index is 1.72. The molecule has 0 unspecified atom stereocenters. The summed E-state index contributed by atoms with van der Waals surface area (Å²) in [5.74, 6) is -0.811. The molecule has 2 atom stereocenters. The van der Waals surface area contributed by atoms with Crippen molar-refractivity contribution in [3.8, 4) is 0 Å². The summed E-state index contributed by atoms with van der Waals surface area (Å²) in [6, 6.07) is 13.8. The molecule has 12 nitrogen and oxygen atoms in total. The average molecular weight is 603 g/mol. The summed E-state index contributed by atoms with van der Waals surface area (Å²) in [6.07, 6.45) is -0.351. The van der Waals surface area contributed by atoms with Gasteiger partial charge in [-0.3, -0.25) is 14.1 Å². The van der Waals surface area contributed by atoms with E-state index >= 15 is 0 Å². The summed E-state index contributed by atoms with van der Waals surface area (Å²) < 4.78 is 42.9. The number of hydrogen-bond acceptors (Lipinski definition) is 9. The smallest absolute Gasteiger partial charge is 0.412 e. The monoisotopic (exact) mass is 602 g/mol. The van der Waals surface area contributed by atoms with Crippen LogP contribution < -0.4 is 15.4 Å². The van der Waals surface area contributed by atoms with Crippen molar-refractivity contribution in [3.63, 3.8) is 0 Å². The van der Waals surface area contributed by atoms with Crippen LogP contribution in [-0.2, 0) is 48.6 Å². The molecule has 0 fully saturated rings. The van der Waals surface area contributed by atoms with Gasteiger partial charge < -0.3 is 20.1 Å². The third-order valence-corrected chi connectivity index (χ3v) is 7.01. The Labute approximate surface area is 241 Å². The van der Waals surface area contributed by atoms with Crippen LogP contribution in [0.25, 0.3) is 0 Å². The number of ether oxygens (including phenoxy) is 2. The summed E-state index contributed by atoms with van der Waals surface area (Å²) in [7, 11) is -3.17. The molecule has 0 aliphatic heterocycles. The highest BCUT2D eigenvalue weighted by Gasteiger charge is 2.24. The van der Waals surface area contributed by atoms with Crippen molar-refractivity contribution in [2.75, 3.05) is 11.8 Å². The highest BCUT2D eigenvalue weighted by Crippen LogP contribution is 2.24. The molecular formula is C27H30N4O8S2. The van der Waals surface area contributed by atoms with Crippen molar-refractivity contribution in [3.05, 3.63) is 94.1 Å². The van der Waals surface area contributed by atoms with Crippen LogP contribution in [0, 0.1) is 0 Å². The molecule has 3 aromatic rings. The lowest BCUT2D eigenvalue weighted by molar-refractivity contribution is -0.145. The van der Waals surface area contributed by atoms with Crippen LogP contribution in [0.2, 0.25) is 0 Å². The molecule has 0 aliphatic carbocycles. The van der Waals surface area contributed by atoms with Gasteiger partial charge in [0.2, 0.25) is 5.91 Å². The van der Waals surface area contributed by atoms with Crippen LogP contribution in [-0.4, -0.2) is 49.1 Å². The van der Waals surface area contributed by atoms with Gasteiger partial charge in [0.1, 0.15) is 11.0 Å². The van der Waals surface area contributed by atoms with E-state index in [1.54, 1.807) is 17.5 Å². The number of benzene rings is 2. The molecule has 14 heteroatoms. The van der Waals surface area contributed by atoms with E-state index in [2.05, 4.69) is 22.2 Å². The highest BCUT2D eigenvalue weighted by molar-refractivity contribution is 7.87. The van der Waals surface area contributed by atoms with Gasteiger partial charge >= 0.3 is 22.4 Å². The van der Waals surface area contributed by atoms with Gasteiger partial charge in [-0.1, -0.05) is 49.0 Å². The molecular weight excluding hydrogens is 572 g/mol. The molecule has 0 bridgehead atoms. The van der Waals surface area contributed by atoms with Gasteiger partial charge in [0.15, 0.2) is 0 Å². The second-order valence-electron chi connectivity index (χ2n) is 8.95. The number of rotatable bonds is 13. The fourth-order valence-corrected chi connectivity index (χ4v) is 5.09. The minimum absolute atomic E-state index is 0.113. The Kier molecular flexibility index (Phi) is 11.0. The molecule has 0 aliphatic rings. The van der Waals surface area contributed by atoms with Crippen molar-refractivity contribution >= 4 is 45.3 Å². The van der Waals surface area contributed by atoms with E-state index in [0.29, 0.717) is 16.3 Å². The fraction of sp³-hybridized carbons (Fsp3) is 0.259. The molecule has 2 aromatic carbocycles. The maximum atomic E-state index is 12.8. The van der Waals surface area contributed by atoms with E-state index in [0.717, 1.165) is 5.56 Å². The molecule has 0 spiro atoms. The Morgan fingerprint density at radius 1 is 1.02 bits per heavy atom. The van der Waals surface area contributed by atoms with Crippen LogP contribution in [0.1, 0.15) is 34.8 Å². The van der Waals surface area contributed by atoms with Crippen molar-refractivity contribution in [1.82, 2.24) is 15.6 Å². The number of carbonyl (C=O) groups is 3. The average Bonchev–Trinajstić information content (AvgIpc) is 3.36. The largest absolute Gasteiger partial charge is 0.467 e. The quantitative estimate of drug-likeness (QED) is 0.130. The van der Waals surface area contributed by atoms with E-state index in [1.807, 2.05) is 35.1 Å². The molecule has 41 heavy (non-hydrogen) atoms. The third kappa shape index (κ3) is 10.7. The second-order valence-corrected chi connectivity index (χ2v) is 11.0. The van der Waals surface area contributed by atoms with E-state index in [4.69, 9.17) is 14.0 Å². The highest BCUT2D eigenvalue weighted by atomic mass is 32.2. The lowest BCUT2D eigenvalue weighted by atomic mass is 10.1. The number of carbonyl (C=O) groups excluding carboxylic acids is 3. The van der Waals surface area contributed by atoms with Crippen molar-refractivity contribution in [1.29, 1.82) is 0 Å². The normalized spacial score (nSPS) is 12.5. The van der Waals surface area contributed by atoms with Crippen LogP contribution in [0.3, 0.4) is 0 Å². The predicted octanol–water partition coefficient (Wildman–Crippen LogP) is 3.34. The molecule has 1 aromatic heterocycles. The van der Waals surface area contributed by atoms with Crippen molar-refractivity contribution in [2.24, 2.45) is 0 Å². The molecule has 3 rings (SSSR count). The number of methoxy groups -OCH3 is 1. The number of nitrogens with one attached hydrogen (secondary N) is 3. The van der Waals surface area contributed by atoms with Gasteiger partial charge in [-0.25, -0.2) is 14.6 Å². The second kappa shape index (κ2) is 14.4. The fourth-order valence-electron chi connectivity index (χ4n) is 3.78. The first-order chi connectivity index (χ1) is 19.4. The third-order valence-electron chi connectivity index (χ3n) is 5.51. The van der Waals surface area contributed by atoms with Crippen molar-refractivity contribution in [2.45, 2.75) is 38.3 Å². The summed E-state index contributed by atoms with van der Waals surface area (Å²) in [6.45, 7) is 5.08. The number of hydrogen-bond donors (Lipinski definition) is 4. The maximum absolute atomic E-state index is 12.8. The summed E-state index contributed by atoms with van der Waals surface area (Å²) in [4.78, 5) is 42.0. The zero-order chi connectivity index (χ0) is 30.0. The number of aromatic nitrogens is 1. The molecule has 218 valence electrons. The number of nitrogens with zero attached hydrogens (tertiary/aromatic N) is 1. The zero-order valence-electron chi connectivity index (χ0n) is 22.3. The van der Waals surface area contributed by atoms with E-state index < -0.39 is 40.4 Å². The van der Waals surface area contributed by atoms with Crippen molar-refractivity contribution < 1.29 is 36.8 Å². The number of allylic oxidation sites excluding steroid dienone is 1. The number of anilines is 1. The summed E-state index contributed by atoms with van der Waals surface area (Å²) in [5, 5.41) is 7.59. The standard InChI is InChI=1S/C27H30N4O8S2/c1-17(2)39-27(34)30-22(13-19-9-11-20(12-10-19)31-41(35,36)37)25-28-21(16-40-25)15-24(32)29-23(26(33)38-3)14-18-7-5-4-6-8-18/h4-12,16,22-23,31H,1,13-15H2,2-3H3,(H,29,32)(H,30,34)(H,35,36,37)/t22-,23-/m0/s1. The molecule has 2 amide bonds. The molecule has 1 heterocycles. The van der Waals surface area contributed by atoms with E-state index in [1.165, 1.54) is 37.5 Å². The van der Waals surface area contributed by atoms with Crippen LogP contribution in [0.4, 0.5) is 10.5 Å². The number of esters is 1. The minimum Gasteiger partial charge on any atom is -0.467 e. The summed E-state index contributed by atoms with van der Waals surface area (Å²) >= 11 is 1.22. The first-order valence-corrected chi connectivity index (χ1v) is 14.6. The summed E-state index contributed by atoms with van der Waals surface area (Å²) in [5.41, 5.74) is 2.15. The lowest BCUT2D eigenvalue weighted by Gasteiger charge is -2.17. The Bertz CT molecular complexity index is 1470. The predicted molar refractivity (Wildman–Crippen MR) is 152 cm³/mol. The zero-order valence-corrected chi connectivity index (χ0v) is 24.0. The first kappa shape index (κ1) is 31.3. The van der Waals surface area contributed by atoms with E-state index in [9.17, 15) is 22.8 Å². The van der Waals surface area contributed by atoms with Gasteiger partial charge in [-0.05, 0) is 36.6 Å². The molecule has 0 saturated carbocycles. The Morgan fingerprint density at radius 2 is 1.68 bits per heavy atom. The van der Waals surface area contributed by atoms with E-state index in [-0.39, 0.29) is 30.7 Å². The van der Waals surface area contributed by atoms with Crippen LogP contribution in [0.15, 0.2) is 72.3 Å². The van der Waals surface area contributed by atoms with Gasteiger partial charge in [-0.2, -0.15) is 8.42 Å². The van der Waals surface area contributed by atoms with Gasteiger partial charge in [0.25, 0.3) is 0 Å². The molecule has 4 N–H and O–H groups in total. The van der Waals surface area contributed by atoms with Gasteiger partial charge in [-0.15, -0.1) is 11.3 Å². The number of alkyl carbamates (subject to hydrolysis) is 1. The Morgan fingerprint density at radius 3 is 2.29 bits per heavy atom.